The summed E-state index contributed by atoms with van der Waals surface area (Å²) in [5, 5.41) is 8.92. The molecule has 0 N–H and O–H groups in total. The predicted molar refractivity (Wildman–Crippen MR) is 64.9 cm³/mol. The van der Waals surface area contributed by atoms with Crippen molar-refractivity contribution in [3.05, 3.63) is 18.2 Å². The van der Waals surface area contributed by atoms with E-state index in [9.17, 15) is 0 Å². The molecule has 0 aliphatic carbocycles. The molecule has 0 aliphatic heterocycles. The summed E-state index contributed by atoms with van der Waals surface area (Å²) in [4.78, 5) is 4.35. The van der Waals surface area contributed by atoms with Gasteiger partial charge in [0.05, 0.1) is 11.5 Å². The summed E-state index contributed by atoms with van der Waals surface area (Å²) >= 11 is 0. The number of hydrogen-bond acceptors (Lipinski definition) is 2. The van der Waals surface area contributed by atoms with Crippen molar-refractivity contribution in [3.63, 3.8) is 0 Å². The molecule has 1 rings (SSSR count). The average Bonchev–Trinajstić information content (AvgIpc) is 2.66. The Balaban J connectivity index is 2.50. The zero-order chi connectivity index (χ0) is 12.2. The van der Waals surface area contributed by atoms with E-state index in [1.165, 1.54) is 0 Å². The summed E-state index contributed by atoms with van der Waals surface area (Å²) in [6.45, 7) is 9.24. The third-order valence-corrected chi connectivity index (χ3v) is 2.77. The number of nitriles is 1. The Labute approximate surface area is 98.1 Å². The van der Waals surface area contributed by atoms with Gasteiger partial charge in [-0.15, -0.1) is 0 Å². The molecule has 0 bridgehead atoms. The molecule has 1 aromatic heterocycles. The molecule has 0 radical (unpaired) electrons. The van der Waals surface area contributed by atoms with Gasteiger partial charge in [0.2, 0.25) is 0 Å². The van der Waals surface area contributed by atoms with Gasteiger partial charge in [-0.3, -0.25) is 0 Å². The van der Waals surface area contributed by atoms with Gasteiger partial charge in [-0.05, 0) is 26.7 Å². The monoisotopic (exact) mass is 219 g/mol. The smallest absolute Gasteiger partial charge is 0.111 e. The summed E-state index contributed by atoms with van der Waals surface area (Å²) in [6, 6.07) is 2.33. The van der Waals surface area contributed by atoms with Gasteiger partial charge in [0.25, 0.3) is 0 Å². The molecule has 0 unspecified atom stereocenters. The zero-order valence-corrected chi connectivity index (χ0v) is 10.7. The van der Waals surface area contributed by atoms with Gasteiger partial charge in [-0.25, -0.2) is 4.98 Å². The van der Waals surface area contributed by atoms with Crippen LogP contribution in [-0.4, -0.2) is 9.55 Å². The molecule has 0 amide bonds. The second-order valence-electron chi connectivity index (χ2n) is 5.23. The highest BCUT2D eigenvalue weighted by Crippen LogP contribution is 2.21. The van der Waals surface area contributed by atoms with Crippen LogP contribution < -0.4 is 0 Å². The number of aromatic nitrogens is 2. The number of aryl methyl sites for hydroxylation is 1. The Morgan fingerprint density at radius 1 is 1.50 bits per heavy atom. The molecule has 3 heteroatoms. The normalized spacial score (nSPS) is 11.8. The van der Waals surface area contributed by atoms with Gasteiger partial charge < -0.3 is 4.57 Å². The Morgan fingerprint density at radius 2 is 2.19 bits per heavy atom. The predicted octanol–water partition coefficient (Wildman–Crippen LogP) is 3.34. The second kappa shape index (κ2) is 5.16. The van der Waals surface area contributed by atoms with Crippen LogP contribution in [0.4, 0.5) is 0 Å². The van der Waals surface area contributed by atoms with Crippen LogP contribution in [0.15, 0.2) is 12.4 Å². The van der Waals surface area contributed by atoms with Crippen LogP contribution in [0.25, 0.3) is 0 Å². The number of rotatable bonds is 5. The minimum Gasteiger partial charge on any atom is -0.335 e. The Bertz CT molecular complexity index is 369. The lowest BCUT2D eigenvalue weighted by Gasteiger charge is -2.16. The van der Waals surface area contributed by atoms with E-state index in [4.69, 9.17) is 5.26 Å². The lowest BCUT2D eigenvalue weighted by Crippen LogP contribution is -2.11. The maximum Gasteiger partial charge on any atom is 0.111 e. The molecule has 3 nitrogen and oxygen atoms in total. The molecule has 0 saturated heterocycles. The third-order valence-electron chi connectivity index (χ3n) is 2.77. The fourth-order valence-electron chi connectivity index (χ4n) is 1.76. The molecular weight excluding hydrogens is 198 g/mol. The molecule has 16 heavy (non-hydrogen) atoms. The first-order valence-corrected chi connectivity index (χ1v) is 5.88. The molecule has 0 aromatic carbocycles. The first-order valence-electron chi connectivity index (χ1n) is 5.88. The maximum atomic E-state index is 8.92. The topological polar surface area (TPSA) is 41.6 Å². The molecule has 0 aliphatic rings. The quantitative estimate of drug-likeness (QED) is 0.762. The summed E-state index contributed by atoms with van der Waals surface area (Å²) in [7, 11) is 0. The summed E-state index contributed by atoms with van der Waals surface area (Å²) in [6.07, 6.45) is 5.83. The van der Waals surface area contributed by atoms with Crippen LogP contribution in [0.3, 0.4) is 0 Å². The van der Waals surface area contributed by atoms with Crippen molar-refractivity contribution in [2.24, 2.45) is 5.41 Å². The fourth-order valence-corrected chi connectivity index (χ4v) is 1.76. The van der Waals surface area contributed by atoms with Gasteiger partial charge in [0, 0.05) is 24.9 Å². The van der Waals surface area contributed by atoms with Crippen LogP contribution in [0, 0.1) is 16.7 Å². The summed E-state index contributed by atoms with van der Waals surface area (Å²) in [5.74, 6) is 1.59. The minimum atomic E-state index is -0.210. The molecule has 0 saturated carbocycles. The van der Waals surface area contributed by atoms with E-state index in [0.29, 0.717) is 5.92 Å². The molecule has 0 spiro atoms. The van der Waals surface area contributed by atoms with Crippen LogP contribution in [0.5, 0.6) is 0 Å². The molecule has 1 aromatic rings. The van der Waals surface area contributed by atoms with E-state index in [2.05, 4.69) is 29.5 Å². The highest BCUT2D eigenvalue weighted by Gasteiger charge is 2.16. The van der Waals surface area contributed by atoms with Crippen molar-refractivity contribution >= 4 is 0 Å². The van der Waals surface area contributed by atoms with E-state index in [-0.39, 0.29) is 5.41 Å². The summed E-state index contributed by atoms with van der Waals surface area (Å²) < 4.78 is 2.19. The highest BCUT2D eigenvalue weighted by molar-refractivity contribution is 4.98. The largest absolute Gasteiger partial charge is 0.335 e. The lowest BCUT2D eigenvalue weighted by molar-refractivity contribution is 0.411. The molecule has 1 heterocycles. The van der Waals surface area contributed by atoms with Crippen LogP contribution >= 0.6 is 0 Å². The number of imidazole rings is 1. The van der Waals surface area contributed by atoms with E-state index in [1.807, 2.05) is 26.2 Å². The van der Waals surface area contributed by atoms with Crippen molar-refractivity contribution in [2.45, 2.75) is 53.0 Å². The van der Waals surface area contributed by atoms with E-state index in [1.54, 1.807) is 0 Å². The second-order valence-corrected chi connectivity index (χ2v) is 5.23. The van der Waals surface area contributed by atoms with Crippen molar-refractivity contribution in [1.29, 1.82) is 5.26 Å². The molecule has 0 atom stereocenters. The lowest BCUT2D eigenvalue weighted by atomic mass is 9.90. The van der Waals surface area contributed by atoms with Gasteiger partial charge in [-0.1, -0.05) is 13.8 Å². The van der Waals surface area contributed by atoms with Crippen LogP contribution in [0.1, 0.15) is 52.3 Å². The molecule has 0 fully saturated rings. The Hall–Kier alpha value is -1.30. The Morgan fingerprint density at radius 3 is 2.75 bits per heavy atom. The molecule has 88 valence electrons. The SMILES string of the molecule is CC(C)c1nccn1CCCC(C)(C)C#N. The van der Waals surface area contributed by atoms with Gasteiger partial charge >= 0.3 is 0 Å². The first kappa shape index (κ1) is 12.8. The van der Waals surface area contributed by atoms with Crippen molar-refractivity contribution < 1.29 is 0 Å². The fraction of sp³-hybridized carbons (Fsp3) is 0.692. The highest BCUT2D eigenvalue weighted by atomic mass is 15.1. The van der Waals surface area contributed by atoms with E-state index < -0.39 is 0 Å². The number of nitrogens with zero attached hydrogens (tertiary/aromatic N) is 3. The maximum absolute atomic E-state index is 8.92. The summed E-state index contributed by atoms with van der Waals surface area (Å²) in [5.41, 5.74) is -0.210. The Kier molecular flexibility index (Phi) is 4.12. The van der Waals surface area contributed by atoms with Crippen LogP contribution in [0.2, 0.25) is 0 Å². The minimum absolute atomic E-state index is 0.210. The van der Waals surface area contributed by atoms with E-state index >= 15 is 0 Å². The van der Waals surface area contributed by atoms with Crippen LogP contribution in [-0.2, 0) is 6.54 Å². The molecular formula is C13H21N3. The van der Waals surface area contributed by atoms with Gasteiger partial charge in [0.15, 0.2) is 0 Å². The first-order chi connectivity index (χ1) is 7.46. The van der Waals surface area contributed by atoms with Crippen molar-refractivity contribution in [2.75, 3.05) is 0 Å². The van der Waals surface area contributed by atoms with Crippen molar-refractivity contribution in [3.8, 4) is 6.07 Å². The standard InChI is InChI=1S/C13H21N3/c1-11(2)12-15-7-9-16(12)8-5-6-13(3,4)10-14/h7,9,11H,5-6,8H2,1-4H3. The zero-order valence-electron chi connectivity index (χ0n) is 10.7. The van der Waals surface area contributed by atoms with Gasteiger partial charge in [-0.2, -0.15) is 5.26 Å². The number of hydrogen-bond donors (Lipinski definition) is 0. The van der Waals surface area contributed by atoms with Crippen molar-refractivity contribution in [1.82, 2.24) is 9.55 Å². The van der Waals surface area contributed by atoms with Gasteiger partial charge in [0.1, 0.15) is 5.82 Å². The van der Waals surface area contributed by atoms with E-state index in [0.717, 1.165) is 25.2 Å². The average molecular weight is 219 g/mol. The third kappa shape index (κ3) is 3.37.